The summed E-state index contributed by atoms with van der Waals surface area (Å²) in [6.07, 6.45) is 1.67. The summed E-state index contributed by atoms with van der Waals surface area (Å²) in [5, 5.41) is 4.63. The standard InChI is InChI=1S/C8H6BrNO2/c1-11-8-3-7-5(2-6(8)9)4-10-12-7/h2-4H,1H3. The number of benzene rings is 1. The molecule has 0 unspecified atom stereocenters. The van der Waals surface area contributed by atoms with Gasteiger partial charge in [-0.25, -0.2) is 0 Å². The van der Waals surface area contributed by atoms with E-state index in [1.807, 2.05) is 6.07 Å². The molecule has 0 amide bonds. The highest BCUT2D eigenvalue weighted by Gasteiger charge is 2.04. The van der Waals surface area contributed by atoms with Crippen LogP contribution in [0.1, 0.15) is 0 Å². The van der Waals surface area contributed by atoms with Crippen molar-refractivity contribution in [2.45, 2.75) is 0 Å². The first-order valence-corrected chi connectivity index (χ1v) is 4.18. The maximum absolute atomic E-state index is 5.09. The number of nitrogens with zero attached hydrogens (tertiary/aromatic N) is 1. The van der Waals surface area contributed by atoms with Crippen molar-refractivity contribution >= 4 is 26.9 Å². The van der Waals surface area contributed by atoms with Crippen molar-refractivity contribution in [1.29, 1.82) is 0 Å². The first-order chi connectivity index (χ1) is 5.81. The second-order valence-corrected chi connectivity index (χ2v) is 3.20. The van der Waals surface area contributed by atoms with Crippen molar-refractivity contribution in [2.24, 2.45) is 0 Å². The van der Waals surface area contributed by atoms with Gasteiger partial charge in [-0.15, -0.1) is 0 Å². The summed E-state index contributed by atoms with van der Waals surface area (Å²) in [5.74, 6) is 0.749. The van der Waals surface area contributed by atoms with Gasteiger partial charge >= 0.3 is 0 Å². The highest BCUT2D eigenvalue weighted by molar-refractivity contribution is 9.10. The van der Waals surface area contributed by atoms with E-state index in [1.54, 1.807) is 19.4 Å². The maximum Gasteiger partial charge on any atom is 0.170 e. The molecular weight excluding hydrogens is 222 g/mol. The van der Waals surface area contributed by atoms with E-state index >= 15 is 0 Å². The van der Waals surface area contributed by atoms with E-state index in [4.69, 9.17) is 9.26 Å². The molecule has 12 heavy (non-hydrogen) atoms. The Hall–Kier alpha value is -1.03. The van der Waals surface area contributed by atoms with Gasteiger partial charge in [0.1, 0.15) is 5.75 Å². The molecule has 0 spiro atoms. The molecule has 1 aromatic carbocycles. The van der Waals surface area contributed by atoms with Crippen LogP contribution < -0.4 is 4.74 Å². The minimum absolute atomic E-state index is 0.732. The SMILES string of the molecule is COc1cc2oncc2cc1Br. The zero-order valence-corrected chi connectivity index (χ0v) is 7.96. The molecule has 0 N–H and O–H groups in total. The zero-order chi connectivity index (χ0) is 8.55. The molecule has 0 atom stereocenters. The third-order valence-corrected chi connectivity index (χ3v) is 2.25. The van der Waals surface area contributed by atoms with E-state index in [9.17, 15) is 0 Å². The molecule has 2 aromatic rings. The molecule has 4 heteroatoms. The van der Waals surface area contributed by atoms with Gasteiger partial charge in [-0.2, -0.15) is 0 Å². The molecule has 0 aliphatic rings. The van der Waals surface area contributed by atoms with Crippen LogP contribution in [0.4, 0.5) is 0 Å². The predicted molar refractivity (Wildman–Crippen MR) is 48.3 cm³/mol. The van der Waals surface area contributed by atoms with Gasteiger partial charge < -0.3 is 9.26 Å². The highest BCUT2D eigenvalue weighted by Crippen LogP contribution is 2.29. The Bertz CT molecular complexity index is 410. The molecular formula is C8H6BrNO2. The summed E-state index contributed by atoms with van der Waals surface area (Å²) in [6, 6.07) is 3.71. The molecule has 0 aliphatic carbocycles. The summed E-state index contributed by atoms with van der Waals surface area (Å²) in [4.78, 5) is 0. The summed E-state index contributed by atoms with van der Waals surface area (Å²) in [7, 11) is 1.61. The minimum atomic E-state index is 0.732. The Labute approximate surface area is 77.4 Å². The fraction of sp³-hybridized carbons (Fsp3) is 0.125. The van der Waals surface area contributed by atoms with Crippen LogP contribution in [0.2, 0.25) is 0 Å². The lowest BCUT2D eigenvalue weighted by atomic mass is 10.2. The first kappa shape index (κ1) is 7.61. The van der Waals surface area contributed by atoms with Gasteiger partial charge in [-0.1, -0.05) is 5.16 Å². The van der Waals surface area contributed by atoms with E-state index in [1.165, 1.54) is 0 Å². The third-order valence-electron chi connectivity index (χ3n) is 1.63. The molecule has 0 fully saturated rings. The Kier molecular flexibility index (Phi) is 1.77. The highest BCUT2D eigenvalue weighted by atomic mass is 79.9. The number of aromatic nitrogens is 1. The van der Waals surface area contributed by atoms with E-state index in [-0.39, 0.29) is 0 Å². The smallest absolute Gasteiger partial charge is 0.170 e. The maximum atomic E-state index is 5.09. The van der Waals surface area contributed by atoms with E-state index in [2.05, 4.69) is 21.1 Å². The third kappa shape index (κ3) is 1.08. The number of ether oxygens (including phenoxy) is 1. The number of hydrogen-bond acceptors (Lipinski definition) is 3. The number of fused-ring (bicyclic) bond motifs is 1. The molecule has 0 saturated carbocycles. The molecule has 0 saturated heterocycles. The van der Waals surface area contributed by atoms with Crippen molar-refractivity contribution in [1.82, 2.24) is 5.16 Å². The van der Waals surface area contributed by atoms with Gasteiger partial charge in [-0.3, -0.25) is 0 Å². The lowest BCUT2D eigenvalue weighted by Gasteiger charge is -2.00. The number of methoxy groups -OCH3 is 1. The van der Waals surface area contributed by atoms with E-state index in [0.717, 1.165) is 21.2 Å². The van der Waals surface area contributed by atoms with Crippen molar-refractivity contribution in [3.05, 3.63) is 22.8 Å². The first-order valence-electron chi connectivity index (χ1n) is 3.39. The quantitative estimate of drug-likeness (QED) is 0.752. The van der Waals surface area contributed by atoms with Gasteiger partial charge in [-0.05, 0) is 22.0 Å². The Balaban J connectivity index is 2.73. The number of hydrogen-bond donors (Lipinski definition) is 0. The lowest BCUT2D eigenvalue weighted by Crippen LogP contribution is -1.82. The number of rotatable bonds is 1. The van der Waals surface area contributed by atoms with Gasteiger partial charge in [0.15, 0.2) is 5.58 Å². The zero-order valence-electron chi connectivity index (χ0n) is 6.37. The molecule has 0 aliphatic heterocycles. The minimum Gasteiger partial charge on any atom is -0.495 e. The van der Waals surface area contributed by atoms with Crippen LogP contribution in [-0.2, 0) is 0 Å². The van der Waals surface area contributed by atoms with Crippen LogP contribution in [0.3, 0.4) is 0 Å². The van der Waals surface area contributed by atoms with Crippen LogP contribution in [0.25, 0.3) is 11.0 Å². The largest absolute Gasteiger partial charge is 0.495 e. The molecule has 0 radical (unpaired) electrons. The van der Waals surface area contributed by atoms with Crippen molar-refractivity contribution < 1.29 is 9.26 Å². The summed E-state index contributed by atoms with van der Waals surface area (Å²) >= 11 is 3.37. The summed E-state index contributed by atoms with van der Waals surface area (Å²) < 4.78 is 11.0. The van der Waals surface area contributed by atoms with Gasteiger partial charge in [0.25, 0.3) is 0 Å². The molecule has 3 nitrogen and oxygen atoms in total. The topological polar surface area (TPSA) is 35.3 Å². The van der Waals surface area contributed by atoms with E-state index in [0.29, 0.717) is 0 Å². The molecule has 62 valence electrons. The Morgan fingerprint density at radius 1 is 1.50 bits per heavy atom. The lowest BCUT2D eigenvalue weighted by molar-refractivity contribution is 0.409. The van der Waals surface area contributed by atoms with Gasteiger partial charge in [0.05, 0.1) is 17.8 Å². The van der Waals surface area contributed by atoms with Crippen LogP contribution >= 0.6 is 15.9 Å². The predicted octanol–water partition coefficient (Wildman–Crippen LogP) is 2.60. The van der Waals surface area contributed by atoms with Crippen molar-refractivity contribution in [2.75, 3.05) is 7.11 Å². The summed E-state index contributed by atoms with van der Waals surface area (Å²) in [5.41, 5.74) is 0.732. The van der Waals surface area contributed by atoms with Crippen molar-refractivity contribution in [3.8, 4) is 5.75 Å². The summed E-state index contributed by atoms with van der Waals surface area (Å²) in [6.45, 7) is 0. The van der Waals surface area contributed by atoms with Crippen LogP contribution in [0, 0.1) is 0 Å². The fourth-order valence-corrected chi connectivity index (χ4v) is 1.55. The van der Waals surface area contributed by atoms with Gasteiger partial charge in [0, 0.05) is 11.5 Å². The molecule has 0 bridgehead atoms. The number of halogens is 1. The molecule has 2 rings (SSSR count). The average Bonchev–Trinajstić information content (AvgIpc) is 2.49. The molecule has 1 aromatic heterocycles. The Morgan fingerprint density at radius 3 is 3.08 bits per heavy atom. The fourth-order valence-electron chi connectivity index (χ4n) is 1.03. The van der Waals surface area contributed by atoms with Gasteiger partial charge in [0.2, 0.25) is 0 Å². The van der Waals surface area contributed by atoms with Crippen LogP contribution in [-0.4, -0.2) is 12.3 Å². The Morgan fingerprint density at radius 2 is 2.33 bits per heavy atom. The average molecular weight is 228 g/mol. The second-order valence-electron chi connectivity index (χ2n) is 2.35. The normalized spacial score (nSPS) is 10.5. The second kappa shape index (κ2) is 2.79. The van der Waals surface area contributed by atoms with Crippen LogP contribution in [0.15, 0.2) is 27.3 Å². The van der Waals surface area contributed by atoms with Crippen molar-refractivity contribution in [3.63, 3.8) is 0 Å². The molecule has 1 heterocycles. The van der Waals surface area contributed by atoms with Crippen LogP contribution in [0.5, 0.6) is 5.75 Å². The monoisotopic (exact) mass is 227 g/mol. The van der Waals surface area contributed by atoms with E-state index < -0.39 is 0 Å².